The number of benzene rings is 2. The maximum Gasteiger partial charge on any atom is 0.312 e. The summed E-state index contributed by atoms with van der Waals surface area (Å²) in [6.45, 7) is 3.17. The van der Waals surface area contributed by atoms with Crippen LogP contribution >= 0.6 is 0 Å². The molecule has 0 fully saturated rings. The monoisotopic (exact) mass is 336 g/mol. The molecule has 2 N–H and O–H groups in total. The number of hydrogen-bond donors (Lipinski definition) is 2. The number of carbonyl (C=O) groups excluding carboxylic acids is 1. The molecule has 0 heterocycles. The number of aryl methyl sites for hydroxylation is 1. The van der Waals surface area contributed by atoms with Crippen LogP contribution in [0.1, 0.15) is 17.5 Å². The molecule has 2 aromatic rings. The maximum absolute atomic E-state index is 11.5. The van der Waals surface area contributed by atoms with Gasteiger partial charge in [-0.3, -0.25) is 9.59 Å². The Morgan fingerprint density at radius 2 is 1.76 bits per heavy atom. The third-order valence-electron chi connectivity index (χ3n) is 3.60. The fraction of sp³-hybridized carbons (Fsp3) is 0.200. The van der Waals surface area contributed by atoms with Gasteiger partial charge in [0.05, 0.1) is 6.54 Å². The molecule has 1 amide bonds. The van der Waals surface area contributed by atoms with Crippen molar-refractivity contribution in [3.8, 4) is 12.3 Å². The van der Waals surface area contributed by atoms with Crippen LogP contribution in [0.5, 0.6) is 0 Å². The number of nitrogens with zero attached hydrogens (tertiary/aromatic N) is 1. The lowest BCUT2D eigenvalue weighted by Crippen LogP contribution is -2.23. The first kappa shape index (κ1) is 18.1. The number of carboxylic acids is 1. The highest BCUT2D eigenvalue weighted by Gasteiger charge is 2.09. The van der Waals surface area contributed by atoms with E-state index in [9.17, 15) is 9.59 Å². The zero-order valence-corrected chi connectivity index (χ0v) is 14.0. The molecule has 128 valence electrons. The zero-order chi connectivity index (χ0) is 18.2. The van der Waals surface area contributed by atoms with Crippen LogP contribution in [0.15, 0.2) is 48.5 Å². The van der Waals surface area contributed by atoms with Crippen LogP contribution in [0.2, 0.25) is 0 Å². The Morgan fingerprint density at radius 1 is 1.12 bits per heavy atom. The average molecular weight is 336 g/mol. The number of rotatable bonds is 7. The van der Waals surface area contributed by atoms with Crippen LogP contribution in [0, 0.1) is 19.3 Å². The number of nitrogens with one attached hydrogen (secondary N) is 1. The summed E-state index contributed by atoms with van der Waals surface area (Å²) in [7, 11) is 0. The Morgan fingerprint density at radius 3 is 2.32 bits per heavy atom. The van der Waals surface area contributed by atoms with Gasteiger partial charge in [-0.15, -0.1) is 6.42 Å². The predicted octanol–water partition coefficient (Wildman–Crippen LogP) is 3.05. The van der Waals surface area contributed by atoms with E-state index in [1.165, 1.54) is 5.56 Å². The molecule has 25 heavy (non-hydrogen) atoms. The van der Waals surface area contributed by atoms with Crippen molar-refractivity contribution in [2.24, 2.45) is 0 Å². The fourth-order valence-electron chi connectivity index (χ4n) is 2.36. The van der Waals surface area contributed by atoms with Crippen molar-refractivity contribution in [1.82, 2.24) is 0 Å². The summed E-state index contributed by atoms with van der Waals surface area (Å²) >= 11 is 0. The standard InChI is InChI=1S/C20H20N2O3/c1-3-12-22(14-16-6-4-15(2)5-7-16)18-10-8-17(9-11-18)21-19(23)13-20(24)25/h1,4-11H,12-14H2,2H3,(H,21,23)(H,24,25). The van der Waals surface area contributed by atoms with Crippen LogP contribution in [0.4, 0.5) is 11.4 Å². The molecule has 0 unspecified atom stereocenters. The lowest BCUT2D eigenvalue weighted by atomic mass is 10.1. The molecule has 0 atom stereocenters. The Kier molecular flexibility index (Phi) is 6.19. The third-order valence-corrected chi connectivity index (χ3v) is 3.60. The number of hydrogen-bond acceptors (Lipinski definition) is 3. The van der Waals surface area contributed by atoms with Gasteiger partial charge >= 0.3 is 5.97 Å². The van der Waals surface area contributed by atoms with Gasteiger partial charge in [0.15, 0.2) is 0 Å². The van der Waals surface area contributed by atoms with Gasteiger partial charge in [-0.2, -0.15) is 0 Å². The first-order chi connectivity index (χ1) is 12.0. The van der Waals surface area contributed by atoms with Gasteiger partial charge in [0.25, 0.3) is 0 Å². The Labute approximate surface area is 147 Å². The zero-order valence-electron chi connectivity index (χ0n) is 14.0. The highest BCUT2D eigenvalue weighted by atomic mass is 16.4. The second-order valence-electron chi connectivity index (χ2n) is 5.71. The Bertz CT molecular complexity index is 774. The topological polar surface area (TPSA) is 69.6 Å². The van der Waals surface area contributed by atoms with Crippen LogP contribution in [-0.2, 0) is 16.1 Å². The number of amides is 1. The molecule has 2 aromatic carbocycles. The maximum atomic E-state index is 11.5. The second-order valence-corrected chi connectivity index (χ2v) is 5.71. The van der Waals surface area contributed by atoms with Crippen molar-refractivity contribution in [2.45, 2.75) is 19.9 Å². The molecule has 0 radical (unpaired) electrons. The van der Waals surface area contributed by atoms with Crippen molar-refractivity contribution < 1.29 is 14.7 Å². The molecule has 0 aliphatic rings. The largest absolute Gasteiger partial charge is 0.481 e. The van der Waals surface area contributed by atoms with Crippen molar-refractivity contribution in [2.75, 3.05) is 16.8 Å². The predicted molar refractivity (Wildman–Crippen MR) is 98.4 cm³/mol. The van der Waals surface area contributed by atoms with Crippen molar-refractivity contribution in [3.63, 3.8) is 0 Å². The van der Waals surface area contributed by atoms with Gasteiger partial charge in [0.1, 0.15) is 6.42 Å². The van der Waals surface area contributed by atoms with Crippen LogP contribution < -0.4 is 10.2 Å². The molecule has 0 saturated carbocycles. The Balaban J connectivity index is 2.08. The summed E-state index contributed by atoms with van der Waals surface area (Å²) < 4.78 is 0. The van der Waals surface area contributed by atoms with Gasteiger partial charge in [-0.1, -0.05) is 35.7 Å². The van der Waals surface area contributed by atoms with E-state index in [1.54, 1.807) is 12.1 Å². The fourth-order valence-corrected chi connectivity index (χ4v) is 2.36. The molecule has 5 nitrogen and oxygen atoms in total. The van der Waals surface area contributed by atoms with Gasteiger partial charge in [-0.25, -0.2) is 0 Å². The molecule has 0 bridgehead atoms. The van der Waals surface area contributed by atoms with Gasteiger partial charge in [-0.05, 0) is 36.8 Å². The van der Waals surface area contributed by atoms with Gasteiger partial charge in [0, 0.05) is 17.9 Å². The summed E-state index contributed by atoms with van der Waals surface area (Å²) in [6.07, 6.45) is 4.93. The number of aliphatic carboxylic acids is 1. The number of carboxylic acid groups (broad SMARTS) is 1. The van der Waals surface area contributed by atoms with Gasteiger partial charge < -0.3 is 15.3 Å². The summed E-state index contributed by atoms with van der Waals surface area (Å²) in [5.41, 5.74) is 3.83. The lowest BCUT2D eigenvalue weighted by Gasteiger charge is -2.23. The summed E-state index contributed by atoms with van der Waals surface area (Å²) in [5.74, 6) is 0.942. The molecule has 0 aliphatic heterocycles. The number of carbonyl (C=O) groups is 2. The smallest absolute Gasteiger partial charge is 0.312 e. The summed E-state index contributed by atoms with van der Waals surface area (Å²) in [4.78, 5) is 24.1. The lowest BCUT2D eigenvalue weighted by molar-refractivity contribution is -0.139. The number of terminal acetylenes is 1. The van der Waals surface area contributed by atoms with E-state index in [2.05, 4.69) is 35.5 Å². The summed E-state index contributed by atoms with van der Waals surface area (Å²) in [5, 5.41) is 11.2. The van der Waals surface area contributed by atoms with Crippen molar-refractivity contribution in [3.05, 3.63) is 59.7 Å². The van der Waals surface area contributed by atoms with Crippen LogP contribution in [-0.4, -0.2) is 23.5 Å². The van der Waals surface area contributed by atoms with Crippen molar-refractivity contribution >= 4 is 23.3 Å². The SMILES string of the molecule is C#CCN(Cc1ccc(C)cc1)c1ccc(NC(=O)CC(=O)O)cc1. The third kappa shape index (κ3) is 5.70. The van der Waals surface area contributed by atoms with E-state index in [4.69, 9.17) is 11.5 Å². The second kappa shape index (κ2) is 8.55. The number of anilines is 2. The molecule has 5 heteroatoms. The van der Waals surface area contributed by atoms with E-state index in [0.29, 0.717) is 18.8 Å². The van der Waals surface area contributed by atoms with E-state index in [-0.39, 0.29) is 0 Å². The van der Waals surface area contributed by atoms with E-state index in [1.807, 2.05) is 24.0 Å². The van der Waals surface area contributed by atoms with Crippen LogP contribution in [0.3, 0.4) is 0 Å². The van der Waals surface area contributed by atoms with E-state index < -0.39 is 18.3 Å². The minimum atomic E-state index is -1.16. The average Bonchev–Trinajstić information content (AvgIpc) is 2.56. The molecular weight excluding hydrogens is 316 g/mol. The van der Waals surface area contributed by atoms with E-state index >= 15 is 0 Å². The molecule has 0 aliphatic carbocycles. The first-order valence-corrected chi connectivity index (χ1v) is 7.83. The Hall–Kier alpha value is -3.26. The normalized spacial score (nSPS) is 9.92. The highest BCUT2D eigenvalue weighted by Crippen LogP contribution is 2.20. The van der Waals surface area contributed by atoms with Gasteiger partial charge in [0.2, 0.25) is 5.91 Å². The highest BCUT2D eigenvalue weighted by molar-refractivity contribution is 6.01. The minimum absolute atomic E-state index is 0.457. The first-order valence-electron chi connectivity index (χ1n) is 7.83. The van der Waals surface area contributed by atoms with E-state index in [0.717, 1.165) is 11.3 Å². The molecule has 0 saturated heterocycles. The quantitative estimate of drug-likeness (QED) is 0.602. The molecule has 0 spiro atoms. The molecular formula is C20H20N2O3. The van der Waals surface area contributed by atoms with Crippen LogP contribution in [0.25, 0.3) is 0 Å². The van der Waals surface area contributed by atoms with Crippen molar-refractivity contribution in [1.29, 1.82) is 0 Å². The molecule has 0 aromatic heterocycles. The minimum Gasteiger partial charge on any atom is -0.481 e. The summed E-state index contributed by atoms with van der Waals surface area (Å²) in [6, 6.07) is 15.4. The molecule has 2 rings (SSSR count).